The van der Waals surface area contributed by atoms with Gasteiger partial charge < -0.3 is 9.80 Å². The van der Waals surface area contributed by atoms with Gasteiger partial charge in [0.2, 0.25) is 0 Å². The van der Waals surface area contributed by atoms with Crippen LogP contribution in [0.4, 0.5) is 0 Å². The summed E-state index contributed by atoms with van der Waals surface area (Å²) < 4.78 is 0. The first-order valence-electron chi connectivity index (χ1n) is 11.2. The van der Waals surface area contributed by atoms with Crippen molar-refractivity contribution < 1.29 is 9.59 Å². The van der Waals surface area contributed by atoms with Gasteiger partial charge in [-0.05, 0) is 48.2 Å². The summed E-state index contributed by atoms with van der Waals surface area (Å²) in [6.07, 6.45) is 3.68. The number of halogens is 1. The van der Waals surface area contributed by atoms with E-state index in [1.807, 2.05) is 58.3 Å². The Balaban J connectivity index is 1.41. The zero-order valence-corrected chi connectivity index (χ0v) is 18.8. The number of aromatic nitrogens is 1. The highest BCUT2D eigenvalue weighted by Crippen LogP contribution is 2.47. The lowest BCUT2D eigenvalue weighted by molar-refractivity contribution is -0.134. The molecule has 0 bridgehead atoms. The van der Waals surface area contributed by atoms with E-state index in [2.05, 4.69) is 17.1 Å². The third-order valence-electron chi connectivity index (χ3n) is 6.98. The van der Waals surface area contributed by atoms with Crippen LogP contribution in [0, 0.1) is 0 Å². The minimum Gasteiger partial charge on any atom is -0.309 e. The zero-order valence-electron chi connectivity index (χ0n) is 18.0. The van der Waals surface area contributed by atoms with Crippen LogP contribution in [0.15, 0.2) is 84.1 Å². The van der Waals surface area contributed by atoms with E-state index in [1.165, 1.54) is 11.1 Å². The Labute approximate surface area is 197 Å². The van der Waals surface area contributed by atoms with Gasteiger partial charge in [0.1, 0.15) is 5.66 Å². The highest BCUT2D eigenvalue weighted by molar-refractivity contribution is 6.30. The molecule has 33 heavy (non-hydrogen) atoms. The zero-order chi connectivity index (χ0) is 22.6. The van der Waals surface area contributed by atoms with Gasteiger partial charge in [-0.25, -0.2) is 0 Å². The molecule has 1 aliphatic carbocycles. The van der Waals surface area contributed by atoms with E-state index in [-0.39, 0.29) is 11.8 Å². The van der Waals surface area contributed by atoms with Crippen molar-refractivity contribution in [3.05, 3.63) is 111 Å². The molecule has 1 unspecified atom stereocenters. The van der Waals surface area contributed by atoms with Gasteiger partial charge in [-0.2, -0.15) is 0 Å². The van der Waals surface area contributed by atoms with Crippen molar-refractivity contribution in [2.45, 2.75) is 24.9 Å². The number of amides is 2. The number of benzene rings is 2. The smallest absolute Gasteiger partial charge is 0.257 e. The molecule has 3 heterocycles. The molecule has 0 N–H and O–H groups in total. The van der Waals surface area contributed by atoms with Crippen LogP contribution < -0.4 is 0 Å². The molecule has 3 aliphatic rings. The van der Waals surface area contributed by atoms with Gasteiger partial charge in [0, 0.05) is 36.3 Å². The normalized spacial score (nSPS) is 21.2. The van der Waals surface area contributed by atoms with Crippen LogP contribution in [0.25, 0.3) is 0 Å². The molecule has 0 saturated carbocycles. The van der Waals surface area contributed by atoms with E-state index in [0.29, 0.717) is 30.1 Å². The second-order valence-corrected chi connectivity index (χ2v) is 9.27. The summed E-state index contributed by atoms with van der Waals surface area (Å²) in [5, 5.41) is 0.619. The van der Waals surface area contributed by atoms with Crippen LogP contribution in [0.5, 0.6) is 0 Å². The number of carbonyl (C=O) groups is 2. The van der Waals surface area contributed by atoms with Gasteiger partial charge in [-0.15, -0.1) is 0 Å². The second-order valence-electron chi connectivity index (χ2n) is 8.83. The number of hydrogen-bond acceptors (Lipinski definition) is 3. The molecule has 2 amide bonds. The lowest BCUT2D eigenvalue weighted by Gasteiger charge is -2.46. The van der Waals surface area contributed by atoms with Crippen molar-refractivity contribution in [1.82, 2.24) is 14.8 Å². The predicted molar refractivity (Wildman–Crippen MR) is 126 cm³/mol. The molecule has 0 radical (unpaired) electrons. The molecule has 6 rings (SSSR count). The average Bonchev–Trinajstić information content (AvgIpc) is 3.49. The van der Waals surface area contributed by atoms with Crippen molar-refractivity contribution in [3.63, 3.8) is 0 Å². The topological polar surface area (TPSA) is 53.5 Å². The SMILES string of the molecule is O=C(C1=C(Cc2ccccc2)C1)N1CCN2C(=O)c3cccnc3CC12c1ccc(Cl)cc1. The molecule has 5 nitrogen and oxygen atoms in total. The minimum atomic E-state index is -0.895. The predicted octanol–water partition coefficient (Wildman–Crippen LogP) is 4.37. The Kier molecular flexibility index (Phi) is 4.63. The van der Waals surface area contributed by atoms with Crippen molar-refractivity contribution >= 4 is 23.4 Å². The van der Waals surface area contributed by atoms with Crippen LogP contribution in [-0.4, -0.2) is 39.7 Å². The molecule has 3 aromatic rings. The lowest BCUT2D eigenvalue weighted by Crippen LogP contribution is -2.58. The molecular weight excluding hydrogens is 434 g/mol. The summed E-state index contributed by atoms with van der Waals surface area (Å²) in [7, 11) is 0. The van der Waals surface area contributed by atoms with E-state index in [0.717, 1.165) is 29.7 Å². The van der Waals surface area contributed by atoms with Gasteiger partial charge in [0.25, 0.3) is 11.8 Å². The maximum Gasteiger partial charge on any atom is 0.257 e. The molecule has 164 valence electrons. The Morgan fingerprint density at radius 3 is 2.58 bits per heavy atom. The maximum atomic E-state index is 13.8. The Hall–Kier alpha value is -3.44. The first-order chi connectivity index (χ1) is 16.1. The van der Waals surface area contributed by atoms with Crippen molar-refractivity contribution in [3.8, 4) is 0 Å². The summed E-state index contributed by atoms with van der Waals surface area (Å²) >= 11 is 6.18. The minimum absolute atomic E-state index is 0.0190. The first-order valence-corrected chi connectivity index (χ1v) is 11.5. The molecular formula is C27H22ClN3O2. The number of allylic oxidation sites excluding steroid dienone is 1. The highest BCUT2D eigenvalue weighted by atomic mass is 35.5. The number of hydrogen-bond donors (Lipinski definition) is 0. The quantitative estimate of drug-likeness (QED) is 0.587. The van der Waals surface area contributed by atoms with E-state index >= 15 is 0 Å². The van der Waals surface area contributed by atoms with Gasteiger partial charge in [-0.3, -0.25) is 14.6 Å². The van der Waals surface area contributed by atoms with Crippen molar-refractivity contribution in [2.75, 3.05) is 13.1 Å². The summed E-state index contributed by atoms with van der Waals surface area (Å²) in [5.74, 6) is -0.0607. The molecule has 6 heteroatoms. The average molecular weight is 456 g/mol. The van der Waals surface area contributed by atoms with Crippen LogP contribution in [-0.2, 0) is 23.3 Å². The monoisotopic (exact) mass is 455 g/mol. The number of rotatable bonds is 4. The Bertz CT molecular complexity index is 1300. The number of carbonyl (C=O) groups excluding carboxylic acids is 2. The Morgan fingerprint density at radius 1 is 1.00 bits per heavy atom. The molecule has 1 fully saturated rings. The third kappa shape index (κ3) is 3.18. The standard InChI is InChI=1S/C27H22ClN3O2/c28-21-10-8-20(9-11-21)27-17-24-22(7-4-12-29-24)25(32)30(27)13-14-31(27)26(33)23-16-19(23)15-18-5-2-1-3-6-18/h1-12H,13-17H2. The Morgan fingerprint density at radius 2 is 1.79 bits per heavy atom. The van der Waals surface area contributed by atoms with Crippen LogP contribution >= 0.6 is 11.6 Å². The highest BCUT2D eigenvalue weighted by Gasteiger charge is 2.57. The summed E-state index contributed by atoms with van der Waals surface area (Å²) in [4.78, 5) is 35.6. The molecule has 1 saturated heterocycles. The summed E-state index contributed by atoms with van der Waals surface area (Å²) in [6.45, 7) is 0.978. The fourth-order valence-electron chi connectivity index (χ4n) is 5.30. The van der Waals surface area contributed by atoms with Crippen molar-refractivity contribution in [2.24, 2.45) is 0 Å². The number of pyridine rings is 1. The van der Waals surface area contributed by atoms with Gasteiger partial charge in [-0.1, -0.05) is 59.6 Å². The largest absolute Gasteiger partial charge is 0.309 e. The van der Waals surface area contributed by atoms with Gasteiger partial charge >= 0.3 is 0 Å². The van der Waals surface area contributed by atoms with Crippen molar-refractivity contribution in [1.29, 1.82) is 0 Å². The fourth-order valence-corrected chi connectivity index (χ4v) is 5.42. The summed E-state index contributed by atoms with van der Waals surface area (Å²) in [6, 6.07) is 21.3. The number of fused-ring (bicyclic) bond motifs is 2. The van der Waals surface area contributed by atoms with E-state index in [1.54, 1.807) is 12.3 Å². The molecule has 0 spiro atoms. The molecule has 1 aromatic heterocycles. The van der Waals surface area contributed by atoms with Gasteiger partial charge in [0.05, 0.1) is 11.3 Å². The molecule has 2 aliphatic heterocycles. The lowest BCUT2D eigenvalue weighted by atomic mass is 9.86. The van der Waals surface area contributed by atoms with Crippen LogP contribution in [0.3, 0.4) is 0 Å². The maximum absolute atomic E-state index is 13.8. The van der Waals surface area contributed by atoms with Gasteiger partial charge in [0.15, 0.2) is 0 Å². The van der Waals surface area contributed by atoms with E-state index in [9.17, 15) is 9.59 Å². The first kappa shape index (κ1) is 20.2. The van der Waals surface area contributed by atoms with Crippen LogP contribution in [0.1, 0.15) is 33.6 Å². The van der Waals surface area contributed by atoms with Crippen LogP contribution in [0.2, 0.25) is 5.02 Å². The second kappa shape index (κ2) is 7.56. The third-order valence-corrected chi connectivity index (χ3v) is 7.23. The number of nitrogens with zero attached hydrogens (tertiary/aromatic N) is 3. The van der Waals surface area contributed by atoms with E-state index in [4.69, 9.17) is 11.6 Å². The summed E-state index contributed by atoms with van der Waals surface area (Å²) in [5.41, 5.74) is 4.58. The molecule has 1 atom stereocenters. The fraction of sp³-hybridized carbons (Fsp3) is 0.222. The van der Waals surface area contributed by atoms with E-state index < -0.39 is 5.66 Å². The molecule has 2 aromatic carbocycles.